The van der Waals surface area contributed by atoms with Gasteiger partial charge in [0.25, 0.3) is 0 Å². The second-order valence-electron chi connectivity index (χ2n) is 5.37. The van der Waals surface area contributed by atoms with Crippen LogP contribution in [0.2, 0.25) is 0 Å². The van der Waals surface area contributed by atoms with Crippen molar-refractivity contribution in [2.45, 2.75) is 37.6 Å². The molecule has 3 aliphatic heterocycles. The second-order valence-corrected chi connectivity index (χ2v) is 5.37. The summed E-state index contributed by atoms with van der Waals surface area (Å²) in [4.78, 5) is 2.45. The lowest BCUT2D eigenvalue weighted by Crippen LogP contribution is -2.48. The number of fused-ring (bicyclic) bond motifs is 2. The van der Waals surface area contributed by atoms with Crippen molar-refractivity contribution in [1.82, 2.24) is 4.90 Å². The summed E-state index contributed by atoms with van der Waals surface area (Å²) in [5.74, 6) is 0.297. The van der Waals surface area contributed by atoms with Crippen molar-refractivity contribution in [3.05, 3.63) is 0 Å². The Hall–Kier alpha value is -0.160. The van der Waals surface area contributed by atoms with E-state index in [1.165, 1.54) is 12.8 Å². The minimum atomic E-state index is -0.172. The maximum absolute atomic E-state index is 9.91. The molecule has 4 atom stereocenters. The van der Waals surface area contributed by atoms with Crippen molar-refractivity contribution in [3.8, 4) is 0 Å². The van der Waals surface area contributed by atoms with E-state index in [-0.39, 0.29) is 6.10 Å². The molecule has 0 aromatic heterocycles. The maximum Gasteiger partial charge on any atom is 0.0707 e. The summed E-state index contributed by atoms with van der Waals surface area (Å²) < 4.78 is 11.3. The monoisotopic (exact) mass is 227 g/mol. The molecule has 0 aromatic rings. The molecule has 92 valence electrons. The normalized spacial score (nSPS) is 44.8. The van der Waals surface area contributed by atoms with Gasteiger partial charge in [0.05, 0.1) is 24.9 Å². The van der Waals surface area contributed by atoms with Gasteiger partial charge in [-0.3, -0.25) is 4.90 Å². The van der Waals surface area contributed by atoms with Gasteiger partial charge in [0.2, 0.25) is 0 Å². The van der Waals surface area contributed by atoms with Crippen LogP contribution in [0.15, 0.2) is 0 Å². The van der Waals surface area contributed by atoms with Crippen LogP contribution in [0.3, 0.4) is 0 Å². The number of ether oxygens (including phenoxy) is 2. The predicted octanol–water partition coefficient (Wildman–Crippen LogP) is 0.247. The first-order valence-electron chi connectivity index (χ1n) is 6.45. The van der Waals surface area contributed by atoms with Crippen LogP contribution < -0.4 is 0 Å². The number of aliphatic hydroxyl groups excluding tert-OH is 1. The summed E-state index contributed by atoms with van der Waals surface area (Å²) in [6, 6.07) is 0. The molecule has 4 nitrogen and oxygen atoms in total. The molecule has 0 amide bonds. The van der Waals surface area contributed by atoms with Gasteiger partial charge in [-0.05, 0) is 19.3 Å². The second kappa shape index (κ2) is 4.61. The van der Waals surface area contributed by atoms with Crippen molar-refractivity contribution in [2.24, 2.45) is 5.92 Å². The highest BCUT2D eigenvalue weighted by Gasteiger charge is 2.35. The van der Waals surface area contributed by atoms with Crippen molar-refractivity contribution in [2.75, 3.05) is 32.8 Å². The van der Waals surface area contributed by atoms with E-state index < -0.39 is 0 Å². The molecule has 0 spiro atoms. The summed E-state index contributed by atoms with van der Waals surface area (Å²) in [5, 5.41) is 9.91. The van der Waals surface area contributed by atoms with Crippen LogP contribution in [0.5, 0.6) is 0 Å². The van der Waals surface area contributed by atoms with Gasteiger partial charge in [0, 0.05) is 32.2 Å². The van der Waals surface area contributed by atoms with E-state index in [0.717, 1.165) is 26.1 Å². The van der Waals surface area contributed by atoms with Crippen LogP contribution in [0.25, 0.3) is 0 Å². The third-order valence-electron chi connectivity index (χ3n) is 4.05. The van der Waals surface area contributed by atoms with Crippen molar-refractivity contribution >= 4 is 0 Å². The minimum absolute atomic E-state index is 0.172. The smallest absolute Gasteiger partial charge is 0.0707 e. The SMILES string of the molecule is OC1CCOCC1CN1CC2CCC(C1)O2. The molecule has 4 heteroatoms. The van der Waals surface area contributed by atoms with E-state index in [1.54, 1.807) is 0 Å². The van der Waals surface area contributed by atoms with Gasteiger partial charge in [-0.2, -0.15) is 0 Å². The highest BCUT2D eigenvalue weighted by atomic mass is 16.5. The Balaban J connectivity index is 1.54. The number of likely N-dealkylation sites (tertiary alicyclic amines) is 1. The Morgan fingerprint density at radius 3 is 2.56 bits per heavy atom. The third kappa shape index (κ3) is 2.25. The number of nitrogens with zero attached hydrogens (tertiary/aromatic N) is 1. The van der Waals surface area contributed by atoms with Gasteiger partial charge in [-0.25, -0.2) is 0 Å². The lowest BCUT2D eigenvalue weighted by molar-refractivity contribution is -0.0771. The fraction of sp³-hybridized carbons (Fsp3) is 1.00. The van der Waals surface area contributed by atoms with E-state index in [1.807, 2.05) is 0 Å². The molecule has 0 aliphatic carbocycles. The van der Waals surface area contributed by atoms with Crippen LogP contribution in [0.1, 0.15) is 19.3 Å². The number of morpholine rings is 1. The van der Waals surface area contributed by atoms with E-state index in [0.29, 0.717) is 31.3 Å². The molecule has 0 saturated carbocycles. The summed E-state index contributed by atoms with van der Waals surface area (Å²) in [5.41, 5.74) is 0. The topological polar surface area (TPSA) is 41.9 Å². The Kier molecular flexibility index (Phi) is 3.16. The van der Waals surface area contributed by atoms with E-state index in [9.17, 15) is 5.11 Å². The number of hydrogen-bond donors (Lipinski definition) is 1. The molecule has 3 aliphatic rings. The number of rotatable bonds is 2. The van der Waals surface area contributed by atoms with Crippen LogP contribution in [-0.4, -0.2) is 61.2 Å². The highest BCUT2D eigenvalue weighted by molar-refractivity contribution is 4.87. The van der Waals surface area contributed by atoms with Gasteiger partial charge >= 0.3 is 0 Å². The quantitative estimate of drug-likeness (QED) is 0.734. The lowest BCUT2D eigenvalue weighted by atomic mass is 9.98. The lowest BCUT2D eigenvalue weighted by Gasteiger charge is -2.37. The summed E-state index contributed by atoms with van der Waals surface area (Å²) in [6.07, 6.45) is 3.94. The average Bonchev–Trinajstić information content (AvgIpc) is 2.62. The van der Waals surface area contributed by atoms with E-state index >= 15 is 0 Å². The van der Waals surface area contributed by atoms with Gasteiger partial charge < -0.3 is 14.6 Å². The van der Waals surface area contributed by atoms with Gasteiger partial charge in [0.15, 0.2) is 0 Å². The first-order valence-corrected chi connectivity index (χ1v) is 6.45. The third-order valence-corrected chi connectivity index (χ3v) is 4.05. The number of hydrogen-bond acceptors (Lipinski definition) is 4. The molecule has 3 saturated heterocycles. The van der Waals surface area contributed by atoms with Crippen LogP contribution in [0.4, 0.5) is 0 Å². The molecule has 0 aromatic carbocycles. The van der Waals surface area contributed by atoms with Crippen molar-refractivity contribution < 1.29 is 14.6 Å². The van der Waals surface area contributed by atoms with Crippen LogP contribution in [0, 0.1) is 5.92 Å². The van der Waals surface area contributed by atoms with E-state index in [2.05, 4.69) is 4.90 Å². The van der Waals surface area contributed by atoms with E-state index in [4.69, 9.17) is 9.47 Å². The van der Waals surface area contributed by atoms with Gasteiger partial charge in [-0.1, -0.05) is 0 Å². The fourth-order valence-corrected chi connectivity index (χ4v) is 3.14. The van der Waals surface area contributed by atoms with Crippen molar-refractivity contribution in [1.29, 1.82) is 0 Å². The molecular weight excluding hydrogens is 206 g/mol. The zero-order valence-corrected chi connectivity index (χ0v) is 9.68. The van der Waals surface area contributed by atoms with Crippen LogP contribution in [-0.2, 0) is 9.47 Å². The summed E-state index contributed by atoms with van der Waals surface area (Å²) >= 11 is 0. The highest BCUT2D eigenvalue weighted by Crippen LogP contribution is 2.27. The molecule has 3 heterocycles. The molecule has 3 fully saturated rings. The van der Waals surface area contributed by atoms with Crippen LogP contribution >= 0.6 is 0 Å². The zero-order valence-electron chi connectivity index (χ0n) is 9.68. The Morgan fingerprint density at radius 1 is 1.12 bits per heavy atom. The molecule has 1 N–H and O–H groups in total. The Labute approximate surface area is 96.5 Å². The summed E-state index contributed by atoms with van der Waals surface area (Å²) in [7, 11) is 0. The van der Waals surface area contributed by atoms with Crippen molar-refractivity contribution in [3.63, 3.8) is 0 Å². The summed E-state index contributed by atoms with van der Waals surface area (Å²) in [6.45, 7) is 4.48. The maximum atomic E-state index is 9.91. The minimum Gasteiger partial charge on any atom is -0.393 e. The standard InChI is InChI=1S/C12H21NO3/c14-12-3-4-15-8-9(12)5-13-6-10-1-2-11(7-13)16-10/h9-12,14H,1-8H2. The predicted molar refractivity (Wildman–Crippen MR) is 59.3 cm³/mol. The first-order chi connectivity index (χ1) is 7.81. The molecule has 4 unspecified atom stereocenters. The molecule has 0 radical (unpaired) electrons. The Morgan fingerprint density at radius 2 is 1.88 bits per heavy atom. The largest absolute Gasteiger partial charge is 0.393 e. The zero-order chi connectivity index (χ0) is 11.0. The van der Waals surface area contributed by atoms with Gasteiger partial charge in [-0.15, -0.1) is 0 Å². The number of aliphatic hydroxyl groups is 1. The Bertz CT molecular complexity index is 236. The molecule has 16 heavy (non-hydrogen) atoms. The molecule has 2 bridgehead atoms. The molecule has 3 rings (SSSR count). The fourth-order valence-electron chi connectivity index (χ4n) is 3.14. The molecular formula is C12H21NO3. The average molecular weight is 227 g/mol. The first kappa shape index (κ1) is 11.0. The van der Waals surface area contributed by atoms with Gasteiger partial charge in [0.1, 0.15) is 0 Å².